The molecule has 0 radical (unpaired) electrons. The number of benzene rings is 2. The fourth-order valence-electron chi connectivity index (χ4n) is 2.89. The van der Waals surface area contributed by atoms with Crippen LogP contribution in [0.1, 0.15) is 17.5 Å². The smallest absolute Gasteiger partial charge is 0.269 e. The number of non-ortho nitro benzene ring substituents is 1. The summed E-state index contributed by atoms with van der Waals surface area (Å²) in [5.74, 6) is -1.35. The van der Waals surface area contributed by atoms with Gasteiger partial charge in [-0.2, -0.15) is 0 Å². The van der Waals surface area contributed by atoms with E-state index >= 15 is 0 Å². The van der Waals surface area contributed by atoms with E-state index in [-0.39, 0.29) is 36.3 Å². The maximum atomic E-state index is 13.0. The highest BCUT2D eigenvalue weighted by atomic mass is 19.1. The summed E-state index contributed by atoms with van der Waals surface area (Å²) >= 11 is 0. The average Bonchev–Trinajstić information content (AvgIpc) is 2.85. The van der Waals surface area contributed by atoms with Gasteiger partial charge < -0.3 is 0 Å². The van der Waals surface area contributed by atoms with Crippen LogP contribution in [0.2, 0.25) is 0 Å². The topological polar surface area (TPSA) is 80.5 Å². The van der Waals surface area contributed by atoms with E-state index in [1.54, 1.807) is 12.1 Å². The number of halogens is 1. The lowest BCUT2D eigenvalue weighted by atomic mass is 9.98. The van der Waals surface area contributed by atoms with E-state index in [0.29, 0.717) is 12.0 Å². The number of hydrogen-bond donors (Lipinski definition) is 0. The Balaban J connectivity index is 1.68. The third kappa shape index (κ3) is 3.71. The second-order valence-electron chi connectivity index (χ2n) is 5.97. The van der Waals surface area contributed by atoms with Crippen LogP contribution in [0.3, 0.4) is 0 Å². The molecule has 0 saturated carbocycles. The van der Waals surface area contributed by atoms with Crippen molar-refractivity contribution in [2.24, 2.45) is 5.92 Å². The highest BCUT2D eigenvalue weighted by Gasteiger charge is 2.38. The van der Waals surface area contributed by atoms with Crippen molar-refractivity contribution in [3.05, 3.63) is 75.6 Å². The summed E-state index contributed by atoms with van der Waals surface area (Å²) in [6.07, 6.45) is 0.491. The number of nitro benzene ring substituents is 1. The van der Waals surface area contributed by atoms with Gasteiger partial charge >= 0.3 is 0 Å². The Labute approximate surface area is 143 Å². The molecular weight excluding hydrogens is 327 g/mol. The lowest BCUT2D eigenvalue weighted by molar-refractivity contribution is -0.384. The zero-order valence-corrected chi connectivity index (χ0v) is 13.2. The van der Waals surface area contributed by atoms with E-state index in [2.05, 4.69) is 0 Å². The van der Waals surface area contributed by atoms with Crippen LogP contribution in [-0.4, -0.2) is 21.6 Å². The van der Waals surface area contributed by atoms with Crippen molar-refractivity contribution >= 4 is 17.5 Å². The Morgan fingerprint density at radius 2 is 1.64 bits per heavy atom. The molecule has 1 heterocycles. The van der Waals surface area contributed by atoms with Crippen LogP contribution in [0.4, 0.5) is 10.1 Å². The normalized spacial score (nSPS) is 17.2. The van der Waals surface area contributed by atoms with E-state index < -0.39 is 10.8 Å². The van der Waals surface area contributed by atoms with E-state index in [4.69, 9.17) is 0 Å². The fourth-order valence-corrected chi connectivity index (χ4v) is 2.89. The molecule has 2 aromatic rings. The molecular formula is C18H15FN2O4. The monoisotopic (exact) mass is 342 g/mol. The minimum absolute atomic E-state index is 0.0444. The third-order valence-electron chi connectivity index (χ3n) is 4.22. The number of likely N-dealkylation sites (tertiary alicyclic amines) is 1. The molecule has 1 aliphatic rings. The number of nitro groups is 1. The average molecular weight is 342 g/mol. The van der Waals surface area contributed by atoms with Crippen LogP contribution in [-0.2, 0) is 22.6 Å². The molecule has 128 valence electrons. The first kappa shape index (κ1) is 16.8. The Bertz CT molecular complexity index is 818. The van der Waals surface area contributed by atoms with Gasteiger partial charge in [0.1, 0.15) is 5.82 Å². The molecule has 1 fully saturated rings. The molecule has 25 heavy (non-hydrogen) atoms. The van der Waals surface area contributed by atoms with Gasteiger partial charge in [-0.15, -0.1) is 0 Å². The number of nitrogens with zero attached hydrogens (tertiary/aromatic N) is 2. The van der Waals surface area contributed by atoms with Crippen molar-refractivity contribution in [1.82, 2.24) is 4.90 Å². The molecule has 2 aromatic carbocycles. The van der Waals surface area contributed by atoms with Gasteiger partial charge in [0.05, 0.1) is 17.4 Å². The maximum absolute atomic E-state index is 13.0. The molecule has 3 rings (SSSR count). The van der Waals surface area contributed by atoms with Gasteiger partial charge in [-0.1, -0.05) is 24.3 Å². The van der Waals surface area contributed by atoms with E-state index in [9.17, 15) is 24.1 Å². The van der Waals surface area contributed by atoms with E-state index in [0.717, 1.165) is 5.56 Å². The van der Waals surface area contributed by atoms with Gasteiger partial charge in [-0.25, -0.2) is 4.39 Å². The van der Waals surface area contributed by atoms with Crippen molar-refractivity contribution in [1.29, 1.82) is 0 Å². The van der Waals surface area contributed by atoms with Crippen LogP contribution in [0.25, 0.3) is 0 Å². The predicted molar refractivity (Wildman–Crippen MR) is 86.9 cm³/mol. The summed E-state index contributed by atoms with van der Waals surface area (Å²) in [6, 6.07) is 11.6. The van der Waals surface area contributed by atoms with Crippen molar-refractivity contribution in [2.75, 3.05) is 0 Å². The van der Waals surface area contributed by atoms with E-state index in [1.807, 2.05) is 0 Å². The first-order valence-corrected chi connectivity index (χ1v) is 7.76. The number of carbonyl (C=O) groups is 2. The van der Waals surface area contributed by atoms with Gasteiger partial charge in [0.25, 0.3) is 5.69 Å². The zero-order chi connectivity index (χ0) is 18.0. The van der Waals surface area contributed by atoms with E-state index in [1.165, 1.54) is 41.3 Å². The summed E-state index contributed by atoms with van der Waals surface area (Å²) in [5.41, 5.74) is 1.40. The second-order valence-corrected chi connectivity index (χ2v) is 5.97. The molecule has 7 heteroatoms. The molecule has 1 aliphatic heterocycles. The highest BCUT2D eigenvalue weighted by molar-refractivity contribution is 6.03. The van der Waals surface area contributed by atoms with Crippen LogP contribution >= 0.6 is 0 Å². The van der Waals surface area contributed by atoms with Crippen molar-refractivity contribution in [3.8, 4) is 0 Å². The van der Waals surface area contributed by atoms with Crippen LogP contribution in [0, 0.1) is 21.8 Å². The molecule has 0 spiro atoms. The quantitative estimate of drug-likeness (QED) is 0.475. The first-order valence-electron chi connectivity index (χ1n) is 7.76. The van der Waals surface area contributed by atoms with Crippen molar-refractivity contribution in [2.45, 2.75) is 19.4 Å². The van der Waals surface area contributed by atoms with Crippen LogP contribution in [0.5, 0.6) is 0 Å². The molecule has 0 N–H and O–H groups in total. The largest absolute Gasteiger partial charge is 0.278 e. The number of amides is 2. The summed E-state index contributed by atoms with van der Waals surface area (Å²) in [6.45, 7) is 0.0928. The summed E-state index contributed by atoms with van der Waals surface area (Å²) in [7, 11) is 0. The van der Waals surface area contributed by atoms with Crippen molar-refractivity contribution in [3.63, 3.8) is 0 Å². The Kier molecular flexibility index (Phi) is 4.56. The molecule has 0 aliphatic carbocycles. The van der Waals surface area contributed by atoms with Gasteiger partial charge in [0.15, 0.2) is 0 Å². The first-order chi connectivity index (χ1) is 11.9. The molecule has 2 amide bonds. The fraction of sp³-hybridized carbons (Fsp3) is 0.222. The molecule has 0 bridgehead atoms. The Morgan fingerprint density at radius 1 is 1.04 bits per heavy atom. The Hall–Kier alpha value is -3.09. The number of imide groups is 1. The summed E-state index contributed by atoms with van der Waals surface area (Å²) in [4.78, 5) is 36.0. The molecule has 1 saturated heterocycles. The van der Waals surface area contributed by atoms with Gasteiger partial charge in [0.2, 0.25) is 11.8 Å². The van der Waals surface area contributed by atoms with Crippen molar-refractivity contribution < 1.29 is 18.9 Å². The van der Waals surface area contributed by atoms with Gasteiger partial charge in [0, 0.05) is 18.6 Å². The van der Waals surface area contributed by atoms with Crippen LogP contribution in [0.15, 0.2) is 48.5 Å². The minimum Gasteiger partial charge on any atom is -0.278 e. The van der Waals surface area contributed by atoms with Crippen LogP contribution < -0.4 is 0 Å². The Morgan fingerprint density at radius 3 is 2.24 bits per heavy atom. The van der Waals surface area contributed by atoms with Gasteiger partial charge in [-0.3, -0.25) is 24.6 Å². The summed E-state index contributed by atoms with van der Waals surface area (Å²) in [5, 5.41) is 10.7. The number of hydrogen-bond acceptors (Lipinski definition) is 4. The second kappa shape index (κ2) is 6.80. The third-order valence-corrected chi connectivity index (χ3v) is 4.22. The zero-order valence-electron chi connectivity index (χ0n) is 13.2. The number of carbonyl (C=O) groups excluding carboxylic acids is 2. The predicted octanol–water partition coefficient (Wildman–Crippen LogP) is 2.85. The molecule has 0 aromatic heterocycles. The minimum atomic E-state index is -0.505. The summed E-state index contributed by atoms with van der Waals surface area (Å²) < 4.78 is 13.0. The SMILES string of the molecule is O=C1C[C@@H](Cc2ccc(F)cc2)C(=O)N1Cc1ccc([N+](=O)[O-])cc1. The maximum Gasteiger partial charge on any atom is 0.269 e. The molecule has 1 atom stereocenters. The highest BCUT2D eigenvalue weighted by Crippen LogP contribution is 2.26. The lowest BCUT2D eigenvalue weighted by Gasteiger charge is -2.15. The number of rotatable bonds is 5. The van der Waals surface area contributed by atoms with Gasteiger partial charge in [-0.05, 0) is 29.7 Å². The standard InChI is InChI=1S/C18H15FN2O4/c19-15-5-1-12(2-6-15)9-14-10-17(22)20(18(14)23)11-13-3-7-16(8-4-13)21(24)25/h1-8,14H,9-11H2/t14-/m1/s1. The molecule has 0 unspecified atom stereocenters. The molecule has 6 nitrogen and oxygen atoms in total. The lowest BCUT2D eigenvalue weighted by Crippen LogP contribution is -2.30.